The highest BCUT2D eigenvalue weighted by molar-refractivity contribution is 9.10. The SMILES string of the molecule is CC(O)(Cc1cc(Br)cs1)c1cccc(C#N)c1. The van der Waals surface area contributed by atoms with Gasteiger partial charge in [-0.05, 0) is 46.6 Å². The highest BCUT2D eigenvalue weighted by atomic mass is 79.9. The summed E-state index contributed by atoms with van der Waals surface area (Å²) < 4.78 is 1.03. The number of halogens is 1. The summed E-state index contributed by atoms with van der Waals surface area (Å²) >= 11 is 5.01. The van der Waals surface area contributed by atoms with Crippen molar-refractivity contribution in [2.75, 3.05) is 0 Å². The van der Waals surface area contributed by atoms with Crippen molar-refractivity contribution in [1.82, 2.24) is 0 Å². The molecule has 0 spiro atoms. The zero-order valence-electron chi connectivity index (χ0n) is 9.85. The maximum atomic E-state index is 10.6. The normalized spacial score (nSPS) is 13.9. The molecule has 1 aromatic carbocycles. The lowest BCUT2D eigenvalue weighted by atomic mass is 9.91. The van der Waals surface area contributed by atoms with Crippen LogP contribution in [0, 0.1) is 11.3 Å². The predicted molar refractivity (Wildman–Crippen MR) is 76.5 cm³/mol. The molecule has 0 aliphatic rings. The Morgan fingerprint density at radius 1 is 1.44 bits per heavy atom. The van der Waals surface area contributed by atoms with E-state index in [0.717, 1.165) is 14.9 Å². The van der Waals surface area contributed by atoms with Crippen molar-refractivity contribution < 1.29 is 5.11 Å². The minimum Gasteiger partial charge on any atom is -0.385 e. The fourth-order valence-electron chi connectivity index (χ4n) is 1.81. The Bertz CT molecular complexity index is 598. The number of nitrogens with zero attached hydrogens (tertiary/aromatic N) is 1. The van der Waals surface area contributed by atoms with Gasteiger partial charge < -0.3 is 5.11 Å². The van der Waals surface area contributed by atoms with Crippen molar-refractivity contribution in [3.8, 4) is 6.07 Å². The summed E-state index contributed by atoms with van der Waals surface area (Å²) in [6, 6.07) is 11.2. The molecule has 0 amide bonds. The second-order valence-electron chi connectivity index (χ2n) is 4.37. The minimum absolute atomic E-state index is 0.540. The third kappa shape index (κ3) is 2.99. The summed E-state index contributed by atoms with van der Waals surface area (Å²) in [5.41, 5.74) is 0.378. The highest BCUT2D eigenvalue weighted by Crippen LogP contribution is 2.30. The molecule has 0 fully saturated rings. The van der Waals surface area contributed by atoms with Gasteiger partial charge in [0.1, 0.15) is 0 Å². The summed E-state index contributed by atoms with van der Waals surface area (Å²) in [4.78, 5) is 1.11. The first-order valence-corrected chi connectivity index (χ1v) is 7.14. The number of rotatable bonds is 3. The van der Waals surface area contributed by atoms with Gasteiger partial charge in [0.2, 0.25) is 0 Å². The molecule has 2 aromatic rings. The van der Waals surface area contributed by atoms with E-state index in [4.69, 9.17) is 5.26 Å². The van der Waals surface area contributed by atoms with Crippen molar-refractivity contribution >= 4 is 27.3 Å². The van der Waals surface area contributed by atoms with Crippen molar-refractivity contribution in [2.45, 2.75) is 18.9 Å². The fourth-order valence-corrected chi connectivity index (χ4v) is 3.41. The maximum absolute atomic E-state index is 10.6. The van der Waals surface area contributed by atoms with Crippen molar-refractivity contribution in [3.05, 3.63) is 56.2 Å². The molecule has 0 saturated heterocycles. The van der Waals surface area contributed by atoms with Gasteiger partial charge in [0.15, 0.2) is 0 Å². The molecule has 1 N–H and O–H groups in total. The first-order chi connectivity index (χ1) is 8.51. The van der Waals surface area contributed by atoms with E-state index in [0.29, 0.717) is 12.0 Å². The molecule has 0 radical (unpaired) electrons. The van der Waals surface area contributed by atoms with Crippen LogP contribution in [0.15, 0.2) is 40.2 Å². The molecule has 0 bridgehead atoms. The molecule has 0 saturated carbocycles. The largest absolute Gasteiger partial charge is 0.385 e. The van der Waals surface area contributed by atoms with Gasteiger partial charge in [-0.25, -0.2) is 0 Å². The Morgan fingerprint density at radius 2 is 2.22 bits per heavy atom. The van der Waals surface area contributed by atoms with Gasteiger partial charge >= 0.3 is 0 Å². The number of aliphatic hydroxyl groups is 1. The first kappa shape index (κ1) is 13.3. The van der Waals surface area contributed by atoms with Crippen molar-refractivity contribution in [3.63, 3.8) is 0 Å². The maximum Gasteiger partial charge on any atom is 0.0991 e. The first-order valence-electron chi connectivity index (χ1n) is 5.47. The van der Waals surface area contributed by atoms with Crippen LogP contribution < -0.4 is 0 Å². The average Bonchev–Trinajstić information content (AvgIpc) is 2.74. The van der Waals surface area contributed by atoms with E-state index in [1.807, 2.05) is 17.5 Å². The smallest absolute Gasteiger partial charge is 0.0991 e. The van der Waals surface area contributed by atoms with Gasteiger partial charge in [-0.1, -0.05) is 12.1 Å². The van der Waals surface area contributed by atoms with E-state index in [1.54, 1.807) is 36.5 Å². The minimum atomic E-state index is -0.961. The summed E-state index contributed by atoms with van der Waals surface area (Å²) in [6.07, 6.45) is 0.540. The van der Waals surface area contributed by atoms with E-state index in [-0.39, 0.29) is 0 Å². The van der Waals surface area contributed by atoms with Crippen molar-refractivity contribution in [2.24, 2.45) is 0 Å². The van der Waals surface area contributed by atoms with Gasteiger partial charge in [0.05, 0.1) is 17.2 Å². The highest BCUT2D eigenvalue weighted by Gasteiger charge is 2.24. The van der Waals surface area contributed by atoms with Crippen molar-refractivity contribution in [1.29, 1.82) is 5.26 Å². The number of hydrogen-bond donors (Lipinski definition) is 1. The lowest BCUT2D eigenvalue weighted by Crippen LogP contribution is -2.23. The van der Waals surface area contributed by atoms with Crippen LogP contribution in [0.3, 0.4) is 0 Å². The Morgan fingerprint density at radius 3 is 2.83 bits per heavy atom. The molecule has 92 valence electrons. The van der Waals surface area contributed by atoms with E-state index in [1.165, 1.54) is 0 Å². The summed E-state index contributed by atoms with van der Waals surface area (Å²) in [7, 11) is 0. The van der Waals surface area contributed by atoms with Gasteiger partial charge in [0.25, 0.3) is 0 Å². The van der Waals surface area contributed by atoms with Gasteiger partial charge in [0, 0.05) is 21.2 Å². The van der Waals surface area contributed by atoms with E-state index >= 15 is 0 Å². The monoisotopic (exact) mass is 321 g/mol. The second-order valence-corrected chi connectivity index (χ2v) is 6.29. The number of benzene rings is 1. The van der Waals surface area contributed by atoms with Gasteiger partial charge in [-0.2, -0.15) is 5.26 Å². The van der Waals surface area contributed by atoms with Crippen LogP contribution in [0.1, 0.15) is 22.9 Å². The lowest BCUT2D eigenvalue weighted by molar-refractivity contribution is 0.0584. The fraction of sp³-hybridized carbons (Fsp3) is 0.214. The Labute approximate surface area is 119 Å². The number of nitriles is 1. The van der Waals surface area contributed by atoms with Gasteiger partial charge in [-0.3, -0.25) is 0 Å². The van der Waals surface area contributed by atoms with Crippen LogP contribution in [0.25, 0.3) is 0 Å². The number of hydrogen-bond acceptors (Lipinski definition) is 3. The molecule has 0 aliphatic heterocycles. The topological polar surface area (TPSA) is 44.0 Å². The summed E-state index contributed by atoms with van der Waals surface area (Å²) in [5.74, 6) is 0. The molecule has 0 aliphatic carbocycles. The zero-order valence-corrected chi connectivity index (χ0v) is 12.3. The molecule has 2 nitrogen and oxygen atoms in total. The second kappa shape index (κ2) is 5.23. The molecular formula is C14H12BrNOS. The Balaban J connectivity index is 2.27. The third-order valence-electron chi connectivity index (χ3n) is 2.75. The van der Waals surface area contributed by atoms with Crippen LogP contribution in [0.2, 0.25) is 0 Å². The third-order valence-corrected chi connectivity index (χ3v) is 4.45. The van der Waals surface area contributed by atoms with Crippen LogP contribution in [0.4, 0.5) is 0 Å². The lowest BCUT2D eigenvalue weighted by Gasteiger charge is -2.23. The Kier molecular flexibility index (Phi) is 3.86. The molecule has 2 rings (SSSR count). The quantitative estimate of drug-likeness (QED) is 0.933. The van der Waals surface area contributed by atoms with Gasteiger partial charge in [-0.15, -0.1) is 11.3 Å². The number of thiophene rings is 1. The molecule has 18 heavy (non-hydrogen) atoms. The molecule has 4 heteroatoms. The molecule has 1 heterocycles. The molecule has 1 aromatic heterocycles. The summed E-state index contributed by atoms with van der Waals surface area (Å²) in [6.45, 7) is 1.77. The standard InChI is InChI=1S/C14H12BrNOS/c1-14(17,7-13-6-12(15)9-18-13)11-4-2-3-10(5-11)8-16/h2-6,9,17H,7H2,1H3. The van der Waals surface area contributed by atoms with E-state index in [9.17, 15) is 5.11 Å². The molecule has 1 atom stereocenters. The predicted octanol–water partition coefficient (Wildman–Crippen LogP) is 3.83. The molecular weight excluding hydrogens is 310 g/mol. The van der Waals surface area contributed by atoms with E-state index < -0.39 is 5.60 Å². The van der Waals surface area contributed by atoms with Crippen LogP contribution in [-0.4, -0.2) is 5.11 Å². The van der Waals surface area contributed by atoms with Crippen LogP contribution in [-0.2, 0) is 12.0 Å². The van der Waals surface area contributed by atoms with Crippen LogP contribution >= 0.6 is 27.3 Å². The molecule has 1 unspecified atom stereocenters. The zero-order chi connectivity index (χ0) is 13.2. The summed E-state index contributed by atoms with van der Waals surface area (Å²) in [5, 5.41) is 21.4. The van der Waals surface area contributed by atoms with E-state index in [2.05, 4.69) is 22.0 Å². The Hall–Kier alpha value is -1.15. The van der Waals surface area contributed by atoms with Crippen LogP contribution in [0.5, 0.6) is 0 Å². The average molecular weight is 322 g/mol.